The summed E-state index contributed by atoms with van der Waals surface area (Å²) in [7, 11) is -2.72. The van der Waals surface area contributed by atoms with E-state index in [4.69, 9.17) is 4.74 Å². The lowest BCUT2D eigenvalue weighted by Gasteiger charge is -2.40. The fourth-order valence-corrected chi connectivity index (χ4v) is 4.73. The summed E-state index contributed by atoms with van der Waals surface area (Å²) in [6.45, 7) is 2.36. The highest BCUT2D eigenvalue weighted by atomic mass is 32.2. The minimum atomic E-state index is -4.28. The van der Waals surface area contributed by atoms with E-state index in [1.807, 2.05) is 30.0 Å². The molecule has 146 valence electrons. The molecule has 1 unspecified atom stereocenters. The molecule has 0 saturated carbocycles. The molecule has 0 spiro atoms. The van der Waals surface area contributed by atoms with Crippen LogP contribution in [-0.2, 0) is 10.0 Å². The summed E-state index contributed by atoms with van der Waals surface area (Å²) in [4.78, 5) is 1.15. The molecular weight excluding hydrogens is 381 g/mol. The van der Waals surface area contributed by atoms with Crippen LogP contribution in [-0.4, -0.2) is 45.5 Å². The summed E-state index contributed by atoms with van der Waals surface area (Å²) in [5, 5.41) is 0. The van der Waals surface area contributed by atoms with Crippen molar-refractivity contribution in [3.63, 3.8) is 0 Å². The molecule has 2 aromatic carbocycles. The molecule has 1 saturated heterocycles. The smallest absolute Gasteiger partial charge is 0.246 e. The molecule has 1 aliphatic rings. The van der Waals surface area contributed by atoms with Crippen LogP contribution in [0.3, 0.4) is 0 Å². The fraction of sp³-hybridized carbons (Fsp3) is 0.333. The molecule has 2 aromatic rings. The lowest BCUT2D eigenvalue weighted by Crippen LogP contribution is -2.53. The highest BCUT2D eigenvalue weighted by Crippen LogP contribution is 2.28. The van der Waals surface area contributed by atoms with Crippen molar-refractivity contribution in [1.82, 2.24) is 4.31 Å². The fourth-order valence-electron chi connectivity index (χ4n) is 3.16. The number of nitrogens with zero attached hydrogens (tertiary/aromatic N) is 2. The summed E-state index contributed by atoms with van der Waals surface area (Å²) >= 11 is 0. The summed E-state index contributed by atoms with van der Waals surface area (Å²) in [6.07, 6.45) is 0. The van der Waals surface area contributed by atoms with Crippen molar-refractivity contribution in [2.45, 2.75) is 17.9 Å². The first-order valence-electron chi connectivity index (χ1n) is 8.29. The van der Waals surface area contributed by atoms with E-state index in [0.717, 1.165) is 9.99 Å². The molecule has 1 heterocycles. The van der Waals surface area contributed by atoms with Gasteiger partial charge in [0, 0.05) is 43.5 Å². The Morgan fingerprint density at radius 2 is 1.74 bits per heavy atom. The number of hydrogen-bond donors (Lipinski definition) is 0. The van der Waals surface area contributed by atoms with Gasteiger partial charge in [-0.15, -0.1) is 0 Å². The third-order valence-corrected chi connectivity index (χ3v) is 6.45. The van der Waals surface area contributed by atoms with Crippen LogP contribution in [0.1, 0.15) is 6.92 Å². The molecule has 3 rings (SSSR count). The van der Waals surface area contributed by atoms with Gasteiger partial charge in [0.25, 0.3) is 0 Å². The van der Waals surface area contributed by atoms with Crippen molar-refractivity contribution in [2.75, 3.05) is 31.6 Å². The van der Waals surface area contributed by atoms with Crippen LogP contribution < -0.4 is 9.64 Å². The Morgan fingerprint density at radius 1 is 1.04 bits per heavy atom. The lowest BCUT2D eigenvalue weighted by atomic mass is 10.1. The van der Waals surface area contributed by atoms with Gasteiger partial charge in [-0.25, -0.2) is 21.6 Å². The summed E-state index contributed by atoms with van der Waals surface area (Å²) < 4.78 is 72.3. The number of anilines is 1. The maximum atomic E-state index is 14.0. The van der Waals surface area contributed by atoms with Crippen LogP contribution in [0.15, 0.2) is 41.3 Å². The Morgan fingerprint density at radius 3 is 2.41 bits per heavy atom. The average Bonchev–Trinajstić information content (AvgIpc) is 2.64. The van der Waals surface area contributed by atoms with Crippen molar-refractivity contribution in [2.24, 2.45) is 0 Å². The Balaban J connectivity index is 1.84. The normalized spacial score (nSPS) is 18.6. The zero-order valence-electron chi connectivity index (χ0n) is 14.8. The highest BCUT2D eigenvalue weighted by molar-refractivity contribution is 7.89. The Hall–Kier alpha value is -2.26. The van der Waals surface area contributed by atoms with E-state index in [1.54, 1.807) is 13.2 Å². The first-order valence-corrected chi connectivity index (χ1v) is 9.73. The predicted molar refractivity (Wildman–Crippen MR) is 94.9 cm³/mol. The Kier molecular flexibility index (Phi) is 5.34. The number of methoxy groups -OCH3 is 1. The van der Waals surface area contributed by atoms with Crippen LogP contribution in [0.5, 0.6) is 5.75 Å². The number of ether oxygens (including phenoxy) is 1. The van der Waals surface area contributed by atoms with Gasteiger partial charge in [-0.3, -0.25) is 0 Å². The van der Waals surface area contributed by atoms with Crippen LogP contribution in [0.25, 0.3) is 0 Å². The van der Waals surface area contributed by atoms with E-state index in [1.165, 1.54) is 0 Å². The number of benzene rings is 2. The van der Waals surface area contributed by atoms with Gasteiger partial charge in [0.1, 0.15) is 16.5 Å². The first-order chi connectivity index (χ1) is 12.7. The highest BCUT2D eigenvalue weighted by Gasteiger charge is 2.34. The second-order valence-corrected chi connectivity index (χ2v) is 8.21. The summed E-state index contributed by atoms with van der Waals surface area (Å²) in [6, 6.07) is 7.79. The van der Waals surface area contributed by atoms with E-state index in [9.17, 15) is 21.6 Å². The minimum Gasteiger partial charge on any atom is -0.497 e. The molecule has 0 N–H and O–H groups in total. The zero-order valence-corrected chi connectivity index (χ0v) is 15.6. The van der Waals surface area contributed by atoms with Crippen LogP contribution in [0.2, 0.25) is 0 Å². The SMILES string of the molecule is COc1cccc(N2CCN(S(=O)(=O)c3cc(F)c(F)cc3F)CC2C)c1. The number of sulfonamides is 1. The van der Waals surface area contributed by atoms with E-state index in [0.29, 0.717) is 18.4 Å². The first kappa shape index (κ1) is 19.5. The molecule has 1 atom stereocenters. The number of piperazine rings is 1. The topological polar surface area (TPSA) is 49.9 Å². The molecule has 9 heteroatoms. The van der Waals surface area contributed by atoms with Crippen molar-refractivity contribution in [1.29, 1.82) is 0 Å². The maximum Gasteiger partial charge on any atom is 0.246 e. The van der Waals surface area contributed by atoms with Crippen LogP contribution in [0, 0.1) is 17.5 Å². The Bertz CT molecular complexity index is 953. The molecule has 1 fully saturated rings. The molecule has 0 radical (unpaired) electrons. The van der Waals surface area contributed by atoms with Crippen molar-refractivity contribution in [3.8, 4) is 5.75 Å². The van der Waals surface area contributed by atoms with Gasteiger partial charge in [0.2, 0.25) is 10.0 Å². The summed E-state index contributed by atoms with van der Waals surface area (Å²) in [5.74, 6) is -3.46. The lowest BCUT2D eigenvalue weighted by molar-refractivity contribution is 0.340. The second kappa shape index (κ2) is 7.40. The minimum absolute atomic E-state index is 0.0813. The summed E-state index contributed by atoms with van der Waals surface area (Å²) in [5.41, 5.74) is 0.873. The molecule has 0 bridgehead atoms. The molecule has 0 aliphatic carbocycles. The molecular formula is C18H19F3N2O3S. The quantitative estimate of drug-likeness (QED) is 0.741. The third kappa shape index (κ3) is 3.74. The number of rotatable bonds is 4. The monoisotopic (exact) mass is 400 g/mol. The van der Waals surface area contributed by atoms with Gasteiger partial charge in [-0.1, -0.05) is 6.07 Å². The van der Waals surface area contributed by atoms with Gasteiger partial charge in [0.15, 0.2) is 11.6 Å². The van der Waals surface area contributed by atoms with E-state index < -0.39 is 32.4 Å². The van der Waals surface area contributed by atoms with Crippen molar-refractivity contribution < 1.29 is 26.3 Å². The maximum absolute atomic E-state index is 14.0. The van der Waals surface area contributed by atoms with Gasteiger partial charge in [-0.2, -0.15) is 4.31 Å². The molecule has 1 aliphatic heterocycles. The third-order valence-electron chi connectivity index (χ3n) is 4.57. The van der Waals surface area contributed by atoms with E-state index >= 15 is 0 Å². The second-order valence-electron chi connectivity index (χ2n) is 6.30. The van der Waals surface area contributed by atoms with Crippen LogP contribution >= 0.6 is 0 Å². The van der Waals surface area contributed by atoms with Crippen molar-refractivity contribution >= 4 is 15.7 Å². The largest absolute Gasteiger partial charge is 0.497 e. The molecule has 27 heavy (non-hydrogen) atoms. The van der Waals surface area contributed by atoms with Gasteiger partial charge in [-0.05, 0) is 25.1 Å². The van der Waals surface area contributed by atoms with E-state index in [2.05, 4.69) is 0 Å². The van der Waals surface area contributed by atoms with E-state index in [-0.39, 0.29) is 25.2 Å². The van der Waals surface area contributed by atoms with Gasteiger partial charge in [0.05, 0.1) is 7.11 Å². The number of hydrogen-bond acceptors (Lipinski definition) is 4. The predicted octanol–water partition coefficient (Wildman–Crippen LogP) is 3.01. The standard InChI is InChI=1S/C18H19F3N2O3S/c1-12-11-22(6-7-23(12)13-4-3-5-14(8-13)26-2)27(24,25)18-10-16(20)15(19)9-17(18)21/h3-5,8-10,12H,6-7,11H2,1-2H3. The number of halogens is 3. The van der Waals surface area contributed by atoms with Crippen LogP contribution in [0.4, 0.5) is 18.9 Å². The Labute approximate surface area is 156 Å². The molecule has 0 amide bonds. The molecule has 5 nitrogen and oxygen atoms in total. The zero-order chi connectivity index (χ0) is 19.8. The van der Waals surface area contributed by atoms with Crippen molar-refractivity contribution in [3.05, 3.63) is 53.8 Å². The van der Waals surface area contributed by atoms with Gasteiger partial charge >= 0.3 is 0 Å². The average molecular weight is 400 g/mol. The molecule has 0 aromatic heterocycles. The van der Waals surface area contributed by atoms with Gasteiger partial charge < -0.3 is 9.64 Å².